The number of nitrogens with zero attached hydrogens (tertiary/aromatic N) is 4. The van der Waals surface area contributed by atoms with Crippen molar-refractivity contribution >= 4 is 51.7 Å². The van der Waals surface area contributed by atoms with E-state index in [0.717, 1.165) is 36.9 Å². The standard InChI is InChI=1S/C22H21Cl2N7/c23-15-6-5-13(18(24)10-15)7-8-31-12-16(9-14-3-1-2-4-19(14)31)27-20-17-11-26-30-21(17)29-22(25)28-20/h1-6,10-11,16H,7-9,12H2,(H4,25,26,27,28,29,30). The average Bonchev–Trinajstić information content (AvgIpc) is 3.21. The lowest BCUT2D eigenvalue weighted by atomic mass is 9.97. The quantitative estimate of drug-likeness (QED) is 0.416. The molecule has 4 N–H and O–H groups in total. The second-order valence-corrected chi connectivity index (χ2v) is 8.51. The summed E-state index contributed by atoms with van der Waals surface area (Å²) >= 11 is 12.4. The van der Waals surface area contributed by atoms with Crippen LogP contribution in [-0.2, 0) is 12.8 Å². The van der Waals surface area contributed by atoms with Crippen molar-refractivity contribution in [3.8, 4) is 0 Å². The summed E-state index contributed by atoms with van der Waals surface area (Å²) in [6.45, 7) is 1.66. The van der Waals surface area contributed by atoms with Crippen molar-refractivity contribution in [1.82, 2.24) is 20.2 Å². The Morgan fingerprint density at radius 2 is 2.03 bits per heavy atom. The van der Waals surface area contributed by atoms with Gasteiger partial charge in [-0.05, 0) is 42.2 Å². The minimum Gasteiger partial charge on any atom is -0.369 e. The van der Waals surface area contributed by atoms with Crippen molar-refractivity contribution < 1.29 is 0 Å². The van der Waals surface area contributed by atoms with Crippen LogP contribution in [0, 0.1) is 0 Å². The van der Waals surface area contributed by atoms with Gasteiger partial charge in [-0.25, -0.2) is 0 Å². The Kier molecular flexibility index (Phi) is 5.29. The van der Waals surface area contributed by atoms with Gasteiger partial charge in [0, 0.05) is 34.9 Å². The van der Waals surface area contributed by atoms with Gasteiger partial charge in [-0.3, -0.25) is 5.10 Å². The minimum absolute atomic E-state index is 0.156. The Morgan fingerprint density at radius 1 is 1.16 bits per heavy atom. The largest absolute Gasteiger partial charge is 0.369 e. The summed E-state index contributed by atoms with van der Waals surface area (Å²) in [7, 11) is 0. The molecule has 0 radical (unpaired) electrons. The van der Waals surface area contributed by atoms with E-state index in [-0.39, 0.29) is 12.0 Å². The zero-order valence-corrected chi connectivity index (χ0v) is 18.2. The van der Waals surface area contributed by atoms with E-state index in [1.54, 1.807) is 12.3 Å². The van der Waals surface area contributed by atoms with Gasteiger partial charge in [0.15, 0.2) is 5.65 Å². The van der Waals surface area contributed by atoms with Gasteiger partial charge in [0.05, 0.1) is 11.6 Å². The predicted molar refractivity (Wildman–Crippen MR) is 126 cm³/mol. The first-order chi connectivity index (χ1) is 15.1. The molecule has 2 aromatic heterocycles. The molecule has 1 aliphatic heterocycles. The number of benzene rings is 2. The summed E-state index contributed by atoms with van der Waals surface area (Å²) in [5.74, 6) is 0.908. The molecule has 158 valence electrons. The molecule has 1 atom stereocenters. The Bertz CT molecular complexity index is 1240. The molecule has 3 heterocycles. The molecule has 4 aromatic rings. The van der Waals surface area contributed by atoms with E-state index < -0.39 is 0 Å². The fourth-order valence-electron chi connectivity index (χ4n) is 4.13. The number of hydrogen-bond acceptors (Lipinski definition) is 6. The first-order valence-electron chi connectivity index (χ1n) is 10.1. The molecule has 1 aliphatic rings. The number of aromatic amines is 1. The smallest absolute Gasteiger partial charge is 0.224 e. The maximum Gasteiger partial charge on any atom is 0.224 e. The summed E-state index contributed by atoms with van der Waals surface area (Å²) in [5.41, 5.74) is 10.1. The lowest BCUT2D eigenvalue weighted by Crippen LogP contribution is -2.43. The number of fused-ring (bicyclic) bond motifs is 2. The minimum atomic E-state index is 0.156. The summed E-state index contributed by atoms with van der Waals surface area (Å²) < 4.78 is 0. The van der Waals surface area contributed by atoms with Crippen molar-refractivity contribution in [1.29, 1.82) is 0 Å². The second kappa shape index (κ2) is 8.24. The number of nitrogen functional groups attached to an aromatic ring is 1. The molecular weight excluding hydrogens is 433 g/mol. The maximum absolute atomic E-state index is 6.39. The van der Waals surface area contributed by atoms with Crippen molar-refractivity contribution in [2.75, 3.05) is 29.0 Å². The molecular formula is C22H21Cl2N7. The average molecular weight is 454 g/mol. The predicted octanol–water partition coefficient (Wildman–Crippen LogP) is 4.33. The van der Waals surface area contributed by atoms with E-state index >= 15 is 0 Å². The SMILES string of the molecule is Nc1nc(NC2Cc3ccccc3N(CCc3ccc(Cl)cc3Cl)C2)c2cn[nH]c2n1. The highest BCUT2D eigenvalue weighted by atomic mass is 35.5. The van der Waals surface area contributed by atoms with Gasteiger partial charge in [-0.2, -0.15) is 15.1 Å². The third-order valence-corrected chi connectivity index (χ3v) is 6.16. The normalized spacial score (nSPS) is 15.8. The van der Waals surface area contributed by atoms with Crippen LogP contribution >= 0.6 is 23.2 Å². The number of aromatic nitrogens is 4. The first kappa shape index (κ1) is 19.9. The molecule has 0 spiro atoms. The molecule has 0 aliphatic carbocycles. The highest BCUT2D eigenvalue weighted by Gasteiger charge is 2.25. The number of H-pyrrole nitrogens is 1. The van der Waals surface area contributed by atoms with Crippen LogP contribution < -0.4 is 16.0 Å². The molecule has 0 amide bonds. The van der Waals surface area contributed by atoms with Crippen LogP contribution in [0.15, 0.2) is 48.7 Å². The van der Waals surface area contributed by atoms with Gasteiger partial charge < -0.3 is 16.0 Å². The molecule has 0 saturated heterocycles. The zero-order chi connectivity index (χ0) is 21.4. The number of anilines is 3. The molecule has 2 aromatic carbocycles. The second-order valence-electron chi connectivity index (χ2n) is 7.67. The van der Waals surface area contributed by atoms with Crippen LogP contribution in [0.3, 0.4) is 0 Å². The fraction of sp³-hybridized carbons (Fsp3) is 0.227. The monoisotopic (exact) mass is 453 g/mol. The van der Waals surface area contributed by atoms with Gasteiger partial charge in [-0.15, -0.1) is 0 Å². The van der Waals surface area contributed by atoms with Crippen molar-refractivity contribution in [2.24, 2.45) is 0 Å². The van der Waals surface area contributed by atoms with Gasteiger partial charge in [-0.1, -0.05) is 47.5 Å². The van der Waals surface area contributed by atoms with E-state index in [0.29, 0.717) is 21.5 Å². The Morgan fingerprint density at radius 3 is 2.90 bits per heavy atom. The van der Waals surface area contributed by atoms with Gasteiger partial charge >= 0.3 is 0 Å². The summed E-state index contributed by atoms with van der Waals surface area (Å²) in [5, 5.41) is 12.7. The van der Waals surface area contributed by atoms with Gasteiger partial charge in [0.2, 0.25) is 5.95 Å². The van der Waals surface area contributed by atoms with Crippen molar-refractivity contribution in [3.05, 3.63) is 69.8 Å². The van der Waals surface area contributed by atoms with E-state index in [4.69, 9.17) is 28.9 Å². The lowest BCUT2D eigenvalue weighted by Gasteiger charge is -2.37. The third kappa shape index (κ3) is 4.11. The highest BCUT2D eigenvalue weighted by Crippen LogP contribution is 2.30. The molecule has 0 bridgehead atoms. The van der Waals surface area contributed by atoms with Crippen molar-refractivity contribution in [3.63, 3.8) is 0 Å². The number of nitrogens with two attached hydrogens (primary N) is 1. The molecule has 0 fully saturated rings. The van der Waals surface area contributed by atoms with E-state index in [9.17, 15) is 0 Å². The van der Waals surface area contributed by atoms with Gasteiger partial charge in [0.25, 0.3) is 0 Å². The zero-order valence-electron chi connectivity index (χ0n) is 16.6. The van der Waals surface area contributed by atoms with Crippen LogP contribution in [0.1, 0.15) is 11.1 Å². The Hall–Kier alpha value is -3.03. The van der Waals surface area contributed by atoms with Crippen LogP contribution in [0.25, 0.3) is 11.0 Å². The number of para-hydroxylation sites is 1. The van der Waals surface area contributed by atoms with E-state index in [2.05, 4.69) is 54.6 Å². The van der Waals surface area contributed by atoms with E-state index in [1.807, 2.05) is 12.1 Å². The van der Waals surface area contributed by atoms with Crippen molar-refractivity contribution in [2.45, 2.75) is 18.9 Å². The third-order valence-electron chi connectivity index (χ3n) is 5.57. The number of rotatable bonds is 5. The number of nitrogens with one attached hydrogen (secondary N) is 2. The molecule has 5 rings (SSSR count). The van der Waals surface area contributed by atoms with E-state index in [1.165, 1.54) is 11.3 Å². The fourth-order valence-corrected chi connectivity index (χ4v) is 4.63. The first-order valence-corrected chi connectivity index (χ1v) is 10.8. The Labute approximate surface area is 189 Å². The van der Waals surface area contributed by atoms with Gasteiger partial charge in [0.1, 0.15) is 5.82 Å². The summed E-state index contributed by atoms with van der Waals surface area (Å²) in [6.07, 6.45) is 3.43. The highest BCUT2D eigenvalue weighted by molar-refractivity contribution is 6.35. The van der Waals surface area contributed by atoms with Crippen LogP contribution in [0.2, 0.25) is 10.0 Å². The molecule has 31 heavy (non-hydrogen) atoms. The molecule has 7 nitrogen and oxygen atoms in total. The Balaban J connectivity index is 1.39. The van der Waals surface area contributed by atoms with Crippen LogP contribution in [0.5, 0.6) is 0 Å². The van der Waals surface area contributed by atoms with Crippen LogP contribution in [-0.4, -0.2) is 39.3 Å². The topological polar surface area (TPSA) is 95.7 Å². The maximum atomic E-state index is 6.39. The molecule has 9 heteroatoms. The molecule has 1 unspecified atom stereocenters. The number of halogens is 2. The van der Waals surface area contributed by atoms with Crippen LogP contribution in [0.4, 0.5) is 17.5 Å². The molecule has 0 saturated carbocycles. The lowest BCUT2D eigenvalue weighted by molar-refractivity contribution is 0.628. The number of hydrogen-bond donors (Lipinski definition) is 3. The summed E-state index contributed by atoms with van der Waals surface area (Å²) in [6, 6.07) is 14.3. The summed E-state index contributed by atoms with van der Waals surface area (Å²) in [4.78, 5) is 11.0.